The normalized spacial score (nSPS) is 9.93. The Bertz CT molecular complexity index is 409. The predicted molar refractivity (Wildman–Crippen MR) is 50.2 cm³/mol. The lowest BCUT2D eigenvalue weighted by Crippen LogP contribution is -2.27. The van der Waals surface area contributed by atoms with Crippen LogP contribution in [-0.2, 0) is 11.8 Å². The fraction of sp³-hybridized carbons (Fsp3) is 0.444. The number of aromatic nitrogens is 2. The van der Waals surface area contributed by atoms with Crippen LogP contribution in [0.15, 0.2) is 10.9 Å². The molecule has 0 spiro atoms. The first kappa shape index (κ1) is 10.4. The second-order valence-electron chi connectivity index (χ2n) is 2.85. The summed E-state index contributed by atoms with van der Waals surface area (Å²) in [4.78, 5) is 22.7. The van der Waals surface area contributed by atoms with Crippen LogP contribution in [0.1, 0.15) is 23.0 Å². The molecule has 1 heterocycles. The van der Waals surface area contributed by atoms with E-state index in [0.29, 0.717) is 5.69 Å². The summed E-state index contributed by atoms with van der Waals surface area (Å²) in [5, 5.41) is 3.87. The molecule has 1 aromatic rings. The zero-order valence-electron chi connectivity index (χ0n) is 8.40. The Morgan fingerprint density at radius 3 is 2.86 bits per heavy atom. The number of esters is 1. The molecule has 0 saturated carbocycles. The van der Waals surface area contributed by atoms with Gasteiger partial charge in [-0.05, 0) is 19.9 Å². The summed E-state index contributed by atoms with van der Waals surface area (Å²) in [6, 6.07) is 1.43. The van der Waals surface area contributed by atoms with E-state index >= 15 is 0 Å². The topological polar surface area (TPSA) is 61.2 Å². The van der Waals surface area contributed by atoms with Gasteiger partial charge >= 0.3 is 5.97 Å². The van der Waals surface area contributed by atoms with Gasteiger partial charge < -0.3 is 4.74 Å². The van der Waals surface area contributed by atoms with Crippen LogP contribution in [0.4, 0.5) is 0 Å². The van der Waals surface area contributed by atoms with Crippen LogP contribution in [-0.4, -0.2) is 22.4 Å². The van der Waals surface area contributed by atoms with Crippen molar-refractivity contribution in [1.29, 1.82) is 0 Å². The van der Waals surface area contributed by atoms with Crippen LogP contribution in [0.25, 0.3) is 0 Å². The summed E-state index contributed by atoms with van der Waals surface area (Å²) in [7, 11) is 1.50. The van der Waals surface area contributed by atoms with Gasteiger partial charge in [-0.1, -0.05) is 0 Å². The minimum absolute atomic E-state index is 0.0295. The van der Waals surface area contributed by atoms with Crippen LogP contribution >= 0.6 is 0 Å². The maximum Gasteiger partial charge on any atom is 0.343 e. The SMILES string of the molecule is CCOC(=O)c1cc(C)nn(C)c1=O. The predicted octanol–water partition coefficient (Wildman–Crippen LogP) is 0.265. The van der Waals surface area contributed by atoms with E-state index in [1.54, 1.807) is 13.8 Å². The summed E-state index contributed by atoms with van der Waals surface area (Å²) in [6.45, 7) is 3.65. The van der Waals surface area contributed by atoms with Crippen molar-refractivity contribution >= 4 is 5.97 Å². The number of ether oxygens (including phenoxy) is 1. The number of nitrogens with zero attached hydrogens (tertiary/aromatic N) is 2. The molecule has 1 aromatic heterocycles. The highest BCUT2D eigenvalue weighted by Crippen LogP contribution is 1.97. The van der Waals surface area contributed by atoms with Crippen molar-refractivity contribution in [2.24, 2.45) is 7.05 Å². The van der Waals surface area contributed by atoms with Gasteiger partial charge in [0.2, 0.25) is 0 Å². The molecule has 0 radical (unpaired) electrons. The van der Waals surface area contributed by atoms with Gasteiger partial charge in [0, 0.05) is 7.05 Å². The van der Waals surface area contributed by atoms with Crippen LogP contribution in [0, 0.1) is 6.92 Å². The van der Waals surface area contributed by atoms with Gasteiger partial charge in [-0.15, -0.1) is 0 Å². The molecule has 0 aliphatic rings. The number of hydrogen-bond donors (Lipinski definition) is 0. The molecule has 0 aliphatic heterocycles. The van der Waals surface area contributed by atoms with Crippen LogP contribution in [0.5, 0.6) is 0 Å². The zero-order valence-corrected chi connectivity index (χ0v) is 8.40. The molecule has 0 fully saturated rings. The van der Waals surface area contributed by atoms with E-state index in [-0.39, 0.29) is 12.2 Å². The third-order valence-electron chi connectivity index (χ3n) is 1.68. The molecular formula is C9H12N2O3. The Balaban J connectivity index is 3.21. The molecular weight excluding hydrogens is 184 g/mol. The van der Waals surface area contributed by atoms with E-state index < -0.39 is 11.5 Å². The van der Waals surface area contributed by atoms with E-state index in [1.807, 2.05) is 0 Å². The van der Waals surface area contributed by atoms with Crippen LogP contribution in [0.2, 0.25) is 0 Å². The third-order valence-corrected chi connectivity index (χ3v) is 1.68. The Morgan fingerprint density at radius 2 is 2.29 bits per heavy atom. The Kier molecular flexibility index (Phi) is 3.01. The first-order chi connectivity index (χ1) is 6.56. The van der Waals surface area contributed by atoms with Crippen molar-refractivity contribution in [2.45, 2.75) is 13.8 Å². The number of rotatable bonds is 2. The minimum atomic E-state index is -0.599. The molecule has 5 nitrogen and oxygen atoms in total. The third kappa shape index (κ3) is 1.99. The van der Waals surface area contributed by atoms with Crippen molar-refractivity contribution in [1.82, 2.24) is 9.78 Å². The molecule has 0 unspecified atom stereocenters. The fourth-order valence-corrected chi connectivity index (χ4v) is 1.11. The lowest BCUT2D eigenvalue weighted by Gasteiger charge is -2.03. The van der Waals surface area contributed by atoms with Gasteiger partial charge in [-0.2, -0.15) is 5.10 Å². The van der Waals surface area contributed by atoms with Crippen molar-refractivity contribution < 1.29 is 9.53 Å². The quantitative estimate of drug-likeness (QED) is 0.637. The molecule has 14 heavy (non-hydrogen) atoms. The summed E-state index contributed by atoms with van der Waals surface area (Å²) < 4.78 is 5.87. The maximum absolute atomic E-state index is 11.4. The highest BCUT2D eigenvalue weighted by atomic mass is 16.5. The van der Waals surface area contributed by atoms with E-state index in [4.69, 9.17) is 4.74 Å². The Morgan fingerprint density at radius 1 is 1.64 bits per heavy atom. The number of carbonyl (C=O) groups excluding carboxylic acids is 1. The largest absolute Gasteiger partial charge is 0.462 e. The smallest absolute Gasteiger partial charge is 0.343 e. The van der Waals surface area contributed by atoms with E-state index in [2.05, 4.69) is 5.10 Å². The van der Waals surface area contributed by atoms with Gasteiger partial charge in [-0.25, -0.2) is 9.48 Å². The number of carbonyl (C=O) groups is 1. The van der Waals surface area contributed by atoms with Gasteiger partial charge in [0.25, 0.3) is 5.56 Å². The first-order valence-electron chi connectivity index (χ1n) is 4.28. The highest BCUT2D eigenvalue weighted by molar-refractivity contribution is 5.88. The van der Waals surface area contributed by atoms with Crippen molar-refractivity contribution in [3.05, 3.63) is 27.7 Å². The molecule has 0 aliphatic carbocycles. The van der Waals surface area contributed by atoms with E-state index in [1.165, 1.54) is 13.1 Å². The molecule has 0 atom stereocenters. The molecule has 1 rings (SSSR count). The molecule has 0 bridgehead atoms. The lowest BCUT2D eigenvalue weighted by molar-refractivity contribution is 0.0523. The Hall–Kier alpha value is -1.65. The minimum Gasteiger partial charge on any atom is -0.462 e. The molecule has 0 aromatic carbocycles. The monoisotopic (exact) mass is 196 g/mol. The van der Waals surface area contributed by atoms with Crippen LogP contribution in [0.3, 0.4) is 0 Å². The lowest BCUT2D eigenvalue weighted by atomic mass is 10.2. The van der Waals surface area contributed by atoms with E-state index in [9.17, 15) is 9.59 Å². The van der Waals surface area contributed by atoms with Gasteiger partial charge in [0.15, 0.2) is 0 Å². The van der Waals surface area contributed by atoms with Gasteiger partial charge in [0.1, 0.15) is 5.56 Å². The molecule has 0 amide bonds. The van der Waals surface area contributed by atoms with Crippen molar-refractivity contribution in [3.63, 3.8) is 0 Å². The molecule has 5 heteroatoms. The van der Waals surface area contributed by atoms with Crippen molar-refractivity contribution in [3.8, 4) is 0 Å². The number of aryl methyl sites for hydroxylation is 2. The molecule has 76 valence electrons. The summed E-state index contributed by atoms with van der Waals surface area (Å²) in [6.07, 6.45) is 0. The standard InChI is InChI=1S/C9H12N2O3/c1-4-14-9(13)7-5-6(2)10-11(3)8(7)12/h5H,4H2,1-3H3. The zero-order chi connectivity index (χ0) is 10.7. The maximum atomic E-state index is 11.4. The summed E-state index contributed by atoms with van der Waals surface area (Å²) in [5.41, 5.74) is 0.200. The Labute approximate surface area is 81.3 Å². The molecule has 0 saturated heterocycles. The van der Waals surface area contributed by atoms with Crippen molar-refractivity contribution in [2.75, 3.05) is 6.61 Å². The second-order valence-corrected chi connectivity index (χ2v) is 2.85. The average molecular weight is 196 g/mol. The fourth-order valence-electron chi connectivity index (χ4n) is 1.11. The average Bonchev–Trinajstić information content (AvgIpc) is 2.11. The first-order valence-corrected chi connectivity index (χ1v) is 4.28. The summed E-state index contributed by atoms with van der Waals surface area (Å²) >= 11 is 0. The highest BCUT2D eigenvalue weighted by Gasteiger charge is 2.13. The molecule has 0 N–H and O–H groups in total. The van der Waals surface area contributed by atoms with Gasteiger partial charge in [0.05, 0.1) is 12.3 Å². The van der Waals surface area contributed by atoms with E-state index in [0.717, 1.165) is 4.68 Å². The number of hydrogen-bond acceptors (Lipinski definition) is 4. The summed E-state index contributed by atoms with van der Waals surface area (Å²) in [5.74, 6) is -0.599. The second kappa shape index (κ2) is 4.04. The van der Waals surface area contributed by atoms with Crippen LogP contribution < -0.4 is 5.56 Å². The van der Waals surface area contributed by atoms with Gasteiger partial charge in [-0.3, -0.25) is 4.79 Å².